The summed E-state index contributed by atoms with van der Waals surface area (Å²) in [4.78, 5) is 48.8. The summed E-state index contributed by atoms with van der Waals surface area (Å²) in [5, 5.41) is 12.6. The molecule has 2 aromatic carbocycles. The van der Waals surface area contributed by atoms with Crippen molar-refractivity contribution in [3.05, 3.63) is 95.2 Å². The maximum atomic E-state index is 13.2. The van der Waals surface area contributed by atoms with Gasteiger partial charge in [0.25, 0.3) is 5.56 Å². The molecule has 1 N–H and O–H groups in total. The second kappa shape index (κ2) is 13.0. The fraction of sp³-hybridized carbons (Fsp3) is 0.353. The lowest BCUT2D eigenvalue weighted by molar-refractivity contribution is -0.137. The molecule has 0 saturated carbocycles. The van der Waals surface area contributed by atoms with Crippen LogP contribution in [-0.2, 0) is 22.7 Å². The Morgan fingerprint density at radius 1 is 1.00 bits per heavy atom. The monoisotopic (exact) mass is 597 g/mol. The molecular formula is C34H39N5O5. The van der Waals surface area contributed by atoms with E-state index in [2.05, 4.69) is 9.88 Å². The largest absolute Gasteiger partial charge is 0.491 e. The molecule has 0 aliphatic carbocycles. The van der Waals surface area contributed by atoms with Gasteiger partial charge in [0.2, 0.25) is 11.8 Å². The summed E-state index contributed by atoms with van der Waals surface area (Å²) in [6, 6.07) is 18.6. The summed E-state index contributed by atoms with van der Waals surface area (Å²) < 4.78 is 7.70. The van der Waals surface area contributed by atoms with E-state index >= 15 is 0 Å². The highest BCUT2D eigenvalue weighted by Gasteiger charge is 2.45. The van der Waals surface area contributed by atoms with Gasteiger partial charge >= 0.3 is 0 Å². The molecule has 44 heavy (non-hydrogen) atoms. The molecule has 4 aromatic rings. The number of aliphatic hydroxyl groups excluding tert-OH is 1. The van der Waals surface area contributed by atoms with E-state index in [4.69, 9.17) is 4.74 Å². The zero-order valence-electron chi connectivity index (χ0n) is 25.6. The number of aromatic nitrogens is 2. The molecule has 1 unspecified atom stereocenters. The van der Waals surface area contributed by atoms with Crippen LogP contribution in [0.1, 0.15) is 26.3 Å². The number of benzene rings is 2. The molecule has 2 aromatic heterocycles. The lowest BCUT2D eigenvalue weighted by Gasteiger charge is -2.27. The lowest BCUT2D eigenvalue weighted by atomic mass is 9.90. The molecule has 0 fully saturated rings. The highest BCUT2D eigenvalue weighted by molar-refractivity contribution is 6.20. The van der Waals surface area contributed by atoms with Gasteiger partial charge in [-0.15, -0.1) is 0 Å². The van der Waals surface area contributed by atoms with E-state index in [-0.39, 0.29) is 24.0 Å². The van der Waals surface area contributed by atoms with E-state index in [9.17, 15) is 19.5 Å². The molecule has 0 radical (unpaired) electrons. The number of anilines is 2. The zero-order chi connectivity index (χ0) is 31.4. The Hall–Kier alpha value is -4.54. The SMILES string of the molecule is CCN1C(=O)C(C)(C)C(=O)N(C)c2cc(OCC(O)CN(CCn3ccc4ccccc4c3=O)Cc3cccnc3)ccc21. The number of ether oxygens (including phenoxy) is 1. The number of rotatable bonds is 11. The minimum Gasteiger partial charge on any atom is -0.491 e. The number of amides is 2. The predicted molar refractivity (Wildman–Crippen MR) is 171 cm³/mol. The van der Waals surface area contributed by atoms with Crippen LogP contribution in [0.15, 0.2) is 84.0 Å². The fourth-order valence-electron chi connectivity index (χ4n) is 5.65. The average molecular weight is 598 g/mol. The maximum Gasteiger partial charge on any atom is 0.258 e. The molecule has 3 heterocycles. The molecule has 2 amide bonds. The topological polar surface area (TPSA) is 108 Å². The van der Waals surface area contributed by atoms with Gasteiger partial charge in [0.15, 0.2) is 0 Å². The minimum atomic E-state index is -1.20. The number of carbonyl (C=O) groups is 2. The molecule has 0 saturated heterocycles. The molecule has 0 spiro atoms. The van der Waals surface area contributed by atoms with Crippen LogP contribution in [0.4, 0.5) is 11.4 Å². The Labute approximate surface area is 257 Å². The molecular weight excluding hydrogens is 558 g/mol. The first-order valence-corrected chi connectivity index (χ1v) is 14.8. The number of carbonyl (C=O) groups excluding carboxylic acids is 2. The molecule has 1 atom stereocenters. The van der Waals surface area contributed by atoms with Crippen LogP contribution < -0.4 is 20.1 Å². The molecule has 0 bridgehead atoms. The number of hydrogen-bond donors (Lipinski definition) is 1. The van der Waals surface area contributed by atoms with E-state index in [1.165, 1.54) is 4.90 Å². The van der Waals surface area contributed by atoms with E-state index in [1.54, 1.807) is 67.2 Å². The lowest BCUT2D eigenvalue weighted by Crippen LogP contribution is -2.47. The van der Waals surface area contributed by atoms with E-state index < -0.39 is 11.5 Å². The van der Waals surface area contributed by atoms with E-state index in [1.807, 2.05) is 49.4 Å². The highest BCUT2D eigenvalue weighted by atomic mass is 16.5. The average Bonchev–Trinajstić information content (AvgIpc) is 3.08. The smallest absolute Gasteiger partial charge is 0.258 e. The number of pyridine rings is 2. The van der Waals surface area contributed by atoms with Crippen LogP contribution in [0.5, 0.6) is 5.75 Å². The fourth-order valence-corrected chi connectivity index (χ4v) is 5.65. The second-order valence-electron chi connectivity index (χ2n) is 11.7. The Kier molecular flexibility index (Phi) is 9.12. The molecule has 5 rings (SSSR count). The van der Waals surface area contributed by atoms with Crippen molar-refractivity contribution in [3.63, 3.8) is 0 Å². The van der Waals surface area contributed by atoms with Gasteiger partial charge in [-0.2, -0.15) is 0 Å². The van der Waals surface area contributed by atoms with E-state index in [0.29, 0.717) is 55.2 Å². The quantitative estimate of drug-likeness (QED) is 0.263. The van der Waals surface area contributed by atoms with Crippen molar-refractivity contribution in [1.82, 2.24) is 14.5 Å². The van der Waals surface area contributed by atoms with Gasteiger partial charge < -0.3 is 24.2 Å². The predicted octanol–water partition coefficient (Wildman–Crippen LogP) is 3.69. The van der Waals surface area contributed by atoms with Gasteiger partial charge in [0.05, 0.1) is 11.4 Å². The third kappa shape index (κ3) is 6.36. The van der Waals surface area contributed by atoms with Crippen molar-refractivity contribution in [3.8, 4) is 5.75 Å². The first kappa shape index (κ1) is 30.9. The van der Waals surface area contributed by atoms with Crippen LogP contribution in [0, 0.1) is 5.41 Å². The molecule has 230 valence electrons. The Morgan fingerprint density at radius 2 is 1.80 bits per heavy atom. The summed E-state index contributed by atoms with van der Waals surface area (Å²) in [5.41, 5.74) is 0.950. The summed E-state index contributed by atoms with van der Waals surface area (Å²) in [6.07, 6.45) is 4.47. The highest BCUT2D eigenvalue weighted by Crippen LogP contribution is 2.40. The van der Waals surface area contributed by atoms with E-state index in [0.717, 1.165) is 10.9 Å². The number of nitrogens with zero attached hydrogens (tertiary/aromatic N) is 5. The minimum absolute atomic E-state index is 0.0117. The summed E-state index contributed by atoms with van der Waals surface area (Å²) in [7, 11) is 1.66. The summed E-state index contributed by atoms with van der Waals surface area (Å²) >= 11 is 0. The van der Waals surface area contributed by atoms with Crippen LogP contribution >= 0.6 is 0 Å². The van der Waals surface area contributed by atoms with Crippen molar-refractivity contribution in [2.75, 3.05) is 43.1 Å². The van der Waals surface area contributed by atoms with Crippen molar-refractivity contribution < 1.29 is 19.4 Å². The number of fused-ring (bicyclic) bond motifs is 2. The van der Waals surface area contributed by atoms with Crippen molar-refractivity contribution in [2.24, 2.45) is 5.41 Å². The molecule has 1 aliphatic rings. The van der Waals surface area contributed by atoms with Crippen LogP contribution in [0.2, 0.25) is 0 Å². The third-order valence-corrected chi connectivity index (χ3v) is 8.12. The first-order valence-electron chi connectivity index (χ1n) is 14.8. The number of hydrogen-bond acceptors (Lipinski definition) is 7. The Morgan fingerprint density at radius 3 is 2.55 bits per heavy atom. The third-order valence-electron chi connectivity index (χ3n) is 8.12. The van der Waals surface area contributed by atoms with Crippen molar-refractivity contribution in [2.45, 2.75) is 40.0 Å². The maximum absolute atomic E-state index is 13.2. The van der Waals surface area contributed by atoms with Crippen LogP contribution in [-0.4, -0.2) is 70.8 Å². The first-order chi connectivity index (χ1) is 21.1. The van der Waals surface area contributed by atoms with Gasteiger partial charge in [0, 0.05) is 69.8 Å². The van der Waals surface area contributed by atoms with Gasteiger partial charge in [0.1, 0.15) is 23.9 Å². The zero-order valence-corrected chi connectivity index (χ0v) is 25.6. The number of aliphatic hydroxyl groups is 1. The summed E-state index contributed by atoms with van der Waals surface area (Å²) in [5.74, 6) is -0.0695. The van der Waals surface area contributed by atoms with Crippen LogP contribution in [0.3, 0.4) is 0 Å². The van der Waals surface area contributed by atoms with Gasteiger partial charge in [-0.05, 0) is 62.1 Å². The second-order valence-corrected chi connectivity index (χ2v) is 11.7. The molecule has 1 aliphatic heterocycles. The normalized spacial score (nSPS) is 15.4. The molecule has 10 heteroatoms. The Balaban J connectivity index is 1.29. The van der Waals surface area contributed by atoms with Gasteiger partial charge in [-0.25, -0.2) is 0 Å². The molecule has 10 nitrogen and oxygen atoms in total. The van der Waals surface area contributed by atoms with Gasteiger partial charge in [-0.3, -0.25) is 24.3 Å². The van der Waals surface area contributed by atoms with Crippen molar-refractivity contribution in [1.29, 1.82) is 0 Å². The van der Waals surface area contributed by atoms with Gasteiger partial charge in [-0.1, -0.05) is 24.3 Å². The summed E-state index contributed by atoms with van der Waals surface area (Å²) in [6.45, 7) is 7.40. The van der Waals surface area contributed by atoms with Crippen LogP contribution in [0.25, 0.3) is 10.8 Å². The van der Waals surface area contributed by atoms with Crippen molar-refractivity contribution >= 4 is 34.0 Å². The standard InChI is InChI=1S/C34H39N5O5/c1-5-39-29-13-12-27(19-30(29)36(4)32(42)34(2,3)33(39)43)44-23-26(40)22-37(21-24-9-8-15-35-20-24)17-18-38-16-14-25-10-6-7-11-28(25)31(38)41/h6-16,19-20,26,40H,5,17-18,21-23H2,1-4H3. The Bertz CT molecular complexity index is 1700.